The van der Waals surface area contributed by atoms with Crippen molar-refractivity contribution in [2.45, 2.75) is 32.7 Å². The van der Waals surface area contributed by atoms with Gasteiger partial charge in [0.25, 0.3) is 0 Å². The molecular weight excluding hydrogens is 268 g/mol. The highest BCUT2D eigenvalue weighted by molar-refractivity contribution is 7.80. The molecule has 106 valence electrons. The van der Waals surface area contributed by atoms with Crippen molar-refractivity contribution in [3.05, 3.63) is 54.0 Å². The molecule has 0 aliphatic rings. The van der Waals surface area contributed by atoms with Crippen LogP contribution in [0.25, 0.3) is 0 Å². The molecule has 0 saturated carbocycles. The van der Waals surface area contributed by atoms with Gasteiger partial charge in [0.1, 0.15) is 5.76 Å². The van der Waals surface area contributed by atoms with Crippen LogP contribution in [-0.2, 0) is 6.42 Å². The molecule has 0 aliphatic heterocycles. The molecule has 0 saturated heterocycles. The molecule has 0 radical (unpaired) electrons. The van der Waals surface area contributed by atoms with Crippen molar-refractivity contribution in [3.63, 3.8) is 0 Å². The van der Waals surface area contributed by atoms with Crippen molar-refractivity contribution in [2.75, 3.05) is 5.32 Å². The Labute approximate surface area is 125 Å². The molecule has 0 bridgehead atoms. The number of aryl methyl sites for hydroxylation is 2. The number of hydrogen-bond acceptors (Lipinski definition) is 2. The molecule has 4 heteroatoms. The Kier molecular flexibility index (Phi) is 5.18. The molecule has 0 aliphatic carbocycles. The molecule has 2 aromatic rings. The minimum Gasteiger partial charge on any atom is -0.469 e. The van der Waals surface area contributed by atoms with Gasteiger partial charge in [-0.05, 0) is 62.3 Å². The lowest BCUT2D eigenvalue weighted by molar-refractivity contribution is 0.483. The highest BCUT2D eigenvalue weighted by Crippen LogP contribution is 2.10. The minimum absolute atomic E-state index is 0.296. The van der Waals surface area contributed by atoms with E-state index in [-0.39, 0.29) is 0 Å². The summed E-state index contributed by atoms with van der Waals surface area (Å²) >= 11 is 5.32. The van der Waals surface area contributed by atoms with Crippen LogP contribution in [0.4, 0.5) is 5.69 Å². The third-order valence-corrected chi connectivity index (χ3v) is 3.28. The second-order valence-corrected chi connectivity index (χ2v) is 5.40. The quantitative estimate of drug-likeness (QED) is 0.818. The van der Waals surface area contributed by atoms with Gasteiger partial charge < -0.3 is 15.1 Å². The van der Waals surface area contributed by atoms with Crippen LogP contribution >= 0.6 is 12.2 Å². The Morgan fingerprint density at radius 1 is 1.30 bits per heavy atom. The Bertz CT molecular complexity index is 551. The molecule has 20 heavy (non-hydrogen) atoms. The Balaban J connectivity index is 1.76. The van der Waals surface area contributed by atoms with E-state index in [1.807, 2.05) is 24.3 Å². The van der Waals surface area contributed by atoms with E-state index in [2.05, 4.69) is 36.6 Å². The molecule has 1 aromatic heterocycles. The monoisotopic (exact) mass is 288 g/mol. The molecular formula is C16H20N2OS. The second-order valence-electron chi connectivity index (χ2n) is 4.99. The zero-order valence-corrected chi connectivity index (χ0v) is 12.7. The van der Waals surface area contributed by atoms with Gasteiger partial charge in [0.2, 0.25) is 0 Å². The summed E-state index contributed by atoms with van der Waals surface area (Å²) in [6.07, 6.45) is 3.59. The topological polar surface area (TPSA) is 37.2 Å². The lowest BCUT2D eigenvalue weighted by atomic mass is 10.1. The van der Waals surface area contributed by atoms with Crippen LogP contribution in [0.15, 0.2) is 47.1 Å². The maximum absolute atomic E-state index is 5.32. The van der Waals surface area contributed by atoms with Crippen LogP contribution in [-0.4, -0.2) is 11.2 Å². The summed E-state index contributed by atoms with van der Waals surface area (Å²) in [4.78, 5) is 0. The van der Waals surface area contributed by atoms with E-state index in [1.165, 1.54) is 5.56 Å². The van der Waals surface area contributed by atoms with Crippen LogP contribution in [0.2, 0.25) is 0 Å². The standard InChI is InChI=1S/C16H20N2OS/c1-12-5-3-6-14(11-12)18-16(20)17-13(2)8-9-15-7-4-10-19-15/h3-7,10-11,13H,8-9H2,1-2H3,(H2,17,18,20)/t13-/m0/s1. The van der Waals surface area contributed by atoms with Crippen molar-refractivity contribution in [3.8, 4) is 0 Å². The average molecular weight is 288 g/mol. The highest BCUT2D eigenvalue weighted by Gasteiger charge is 2.06. The van der Waals surface area contributed by atoms with Gasteiger partial charge in [0, 0.05) is 18.2 Å². The normalized spacial score (nSPS) is 11.9. The van der Waals surface area contributed by atoms with Gasteiger partial charge >= 0.3 is 0 Å². The fourth-order valence-corrected chi connectivity index (χ4v) is 2.32. The van der Waals surface area contributed by atoms with Gasteiger partial charge in [0.15, 0.2) is 5.11 Å². The summed E-state index contributed by atoms with van der Waals surface area (Å²) in [5.74, 6) is 1.01. The van der Waals surface area contributed by atoms with Crippen LogP contribution in [0.1, 0.15) is 24.7 Å². The molecule has 0 spiro atoms. The van der Waals surface area contributed by atoms with E-state index in [4.69, 9.17) is 16.6 Å². The first-order valence-corrected chi connectivity index (χ1v) is 7.21. The summed E-state index contributed by atoms with van der Waals surface area (Å²) in [7, 11) is 0. The van der Waals surface area contributed by atoms with Crippen molar-refractivity contribution in [1.29, 1.82) is 0 Å². The molecule has 0 unspecified atom stereocenters. The van der Waals surface area contributed by atoms with E-state index in [0.29, 0.717) is 11.2 Å². The molecule has 0 amide bonds. The predicted molar refractivity (Wildman–Crippen MR) is 87.0 cm³/mol. The summed E-state index contributed by atoms with van der Waals surface area (Å²) in [5, 5.41) is 7.15. The van der Waals surface area contributed by atoms with E-state index < -0.39 is 0 Å². The average Bonchev–Trinajstić information content (AvgIpc) is 2.89. The first kappa shape index (κ1) is 14.6. The van der Waals surface area contributed by atoms with Crippen LogP contribution in [0, 0.1) is 6.92 Å². The Morgan fingerprint density at radius 3 is 2.85 bits per heavy atom. The minimum atomic E-state index is 0.296. The molecule has 0 fully saturated rings. The summed E-state index contributed by atoms with van der Waals surface area (Å²) in [6.45, 7) is 4.18. The van der Waals surface area contributed by atoms with Gasteiger partial charge in [-0.1, -0.05) is 12.1 Å². The van der Waals surface area contributed by atoms with Crippen LogP contribution in [0.3, 0.4) is 0 Å². The van der Waals surface area contributed by atoms with Gasteiger partial charge in [-0.25, -0.2) is 0 Å². The lowest BCUT2D eigenvalue weighted by Gasteiger charge is -2.16. The first-order valence-electron chi connectivity index (χ1n) is 6.80. The number of anilines is 1. The second kappa shape index (κ2) is 7.10. The molecule has 1 atom stereocenters. The van der Waals surface area contributed by atoms with Crippen LogP contribution in [0.5, 0.6) is 0 Å². The number of furan rings is 1. The van der Waals surface area contributed by atoms with Gasteiger partial charge in [-0.15, -0.1) is 0 Å². The number of nitrogens with one attached hydrogen (secondary N) is 2. The summed E-state index contributed by atoms with van der Waals surface area (Å²) in [6, 6.07) is 12.4. The zero-order chi connectivity index (χ0) is 14.4. The third-order valence-electron chi connectivity index (χ3n) is 3.06. The summed E-state index contributed by atoms with van der Waals surface area (Å²) < 4.78 is 5.32. The molecule has 3 nitrogen and oxygen atoms in total. The number of benzene rings is 1. The first-order chi connectivity index (χ1) is 9.63. The van der Waals surface area contributed by atoms with Crippen molar-refractivity contribution < 1.29 is 4.42 Å². The third kappa shape index (κ3) is 4.70. The molecule has 2 rings (SSSR count). The fourth-order valence-electron chi connectivity index (χ4n) is 2.00. The van der Waals surface area contributed by atoms with E-state index in [9.17, 15) is 0 Å². The number of hydrogen-bond donors (Lipinski definition) is 2. The zero-order valence-electron chi connectivity index (χ0n) is 11.8. The number of thiocarbonyl (C=S) groups is 1. The highest BCUT2D eigenvalue weighted by atomic mass is 32.1. The van der Waals surface area contributed by atoms with E-state index in [0.717, 1.165) is 24.3 Å². The molecule has 2 N–H and O–H groups in total. The van der Waals surface area contributed by atoms with Crippen molar-refractivity contribution >= 4 is 23.0 Å². The summed E-state index contributed by atoms with van der Waals surface area (Å²) in [5.41, 5.74) is 2.23. The lowest BCUT2D eigenvalue weighted by Crippen LogP contribution is -2.36. The molecule has 1 aromatic carbocycles. The van der Waals surface area contributed by atoms with Gasteiger partial charge in [0.05, 0.1) is 6.26 Å². The van der Waals surface area contributed by atoms with Crippen molar-refractivity contribution in [1.82, 2.24) is 5.32 Å². The number of rotatable bonds is 5. The SMILES string of the molecule is Cc1cccc(NC(=S)N[C@@H](C)CCc2ccco2)c1. The van der Waals surface area contributed by atoms with Gasteiger partial charge in [-0.2, -0.15) is 0 Å². The predicted octanol–water partition coefficient (Wildman–Crippen LogP) is 3.90. The smallest absolute Gasteiger partial charge is 0.170 e. The van der Waals surface area contributed by atoms with E-state index in [1.54, 1.807) is 6.26 Å². The largest absolute Gasteiger partial charge is 0.469 e. The maximum Gasteiger partial charge on any atom is 0.170 e. The van der Waals surface area contributed by atoms with Crippen LogP contribution < -0.4 is 10.6 Å². The maximum atomic E-state index is 5.32. The Hall–Kier alpha value is -1.81. The Morgan fingerprint density at radius 2 is 2.15 bits per heavy atom. The molecule has 1 heterocycles. The van der Waals surface area contributed by atoms with Gasteiger partial charge in [-0.3, -0.25) is 0 Å². The fraction of sp³-hybridized carbons (Fsp3) is 0.312. The van der Waals surface area contributed by atoms with E-state index >= 15 is 0 Å². The van der Waals surface area contributed by atoms with Crippen molar-refractivity contribution in [2.24, 2.45) is 0 Å².